The van der Waals surface area contributed by atoms with Crippen LogP contribution in [0.2, 0.25) is 0 Å². The van der Waals surface area contributed by atoms with E-state index in [2.05, 4.69) is 20.7 Å². The highest BCUT2D eigenvalue weighted by Gasteiger charge is 2.27. The van der Waals surface area contributed by atoms with Crippen LogP contribution >= 0.6 is 15.9 Å². The van der Waals surface area contributed by atoms with Gasteiger partial charge in [-0.2, -0.15) is 17.4 Å². The molecule has 1 aliphatic heterocycles. The van der Waals surface area contributed by atoms with Gasteiger partial charge in [-0.25, -0.2) is 0 Å². The fourth-order valence-corrected chi connectivity index (χ4v) is 4.21. The van der Waals surface area contributed by atoms with E-state index in [1.807, 2.05) is 31.2 Å². The van der Waals surface area contributed by atoms with Crippen LogP contribution < -0.4 is 4.72 Å². The second kappa shape index (κ2) is 5.69. The van der Waals surface area contributed by atoms with Gasteiger partial charge in [0, 0.05) is 23.6 Å². The standard InChI is InChI=1S/C12H17BrN2O2S/c1-10(11-6-2-3-7-12(11)13)14-18(16,17)15-8-4-5-9-15/h2-3,6-7,10,14H,4-5,8-9H2,1H3. The molecule has 1 aliphatic rings. The van der Waals surface area contributed by atoms with E-state index in [9.17, 15) is 8.42 Å². The average molecular weight is 333 g/mol. The maximum atomic E-state index is 12.1. The molecule has 1 atom stereocenters. The van der Waals surface area contributed by atoms with Crippen LogP contribution in [0.4, 0.5) is 0 Å². The first kappa shape index (κ1) is 14.0. The number of halogens is 1. The minimum atomic E-state index is -3.36. The molecule has 0 aliphatic carbocycles. The summed E-state index contributed by atoms with van der Waals surface area (Å²) >= 11 is 3.44. The largest absolute Gasteiger partial charge is 0.279 e. The van der Waals surface area contributed by atoms with Crippen molar-refractivity contribution in [3.05, 3.63) is 34.3 Å². The van der Waals surface area contributed by atoms with E-state index in [0.717, 1.165) is 22.9 Å². The van der Waals surface area contributed by atoms with Gasteiger partial charge < -0.3 is 0 Å². The second-order valence-electron chi connectivity index (χ2n) is 4.47. The van der Waals surface area contributed by atoms with E-state index in [0.29, 0.717) is 13.1 Å². The maximum Gasteiger partial charge on any atom is 0.279 e. The molecule has 0 radical (unpaired) electrons. The molecule has 0 bridgehead atoms. The van der Waals surface area contributed by atoms with Crippen molar-refractivity contribution in [2.75, 3.05) is 13.1 Å². The van der Waals surface area contributed by atoms with Crippen molar-refractivity contribution in [2.24, 2.45) is 0 Å². The minimum absolute atomic E-state index is 0.244. The third-order valence-corrected chi connectivity index (χ3v) is 5.52. The van der Waals surface area contributed by atoms with Gasteiger partial charge in [-0.05, 0) is 31.4 Å². The first-order valence-corrected chi connectivity index (χ1v) is 8.26. The first-order chi connectivity index (χ1) is 8.50. The third-order valence-electron chi connectivity index (χ3n) is 3.10. The topological polar surface area (TPSA) is 49.4 Å². The summed E-state index contributed by atoms with van der Waals surface area (Å²) in [7, 11) is -3.36. The van der Waals surface area contributed by atoms with Crippen LogP contribution in [0.15, 0.2) is 28.7 Å². The molecule has 0 aromatic heterocycles. The van der Waals surface area contributed by atoms with Gasteiger partial charge in [-0.1, -0.05) is 34.1 Å². The Balaban J connectivity index is 2.11. The monoisotopic (exact) mass is 332 g/mol. The summed E-state index contributed by atoms with van der Waals surface area (Å²) in [6, 6.07) is 7.40. The molecule has 1 N–H and O–H groups in total. The zero-order valence-corrected chi connectivity index (χ0v) is 12.7. The van der Waals surface area contributed by atoms with Crippen molar-refractivity contribution in [1.82, 2.24) is 9.03 Å². The molecule has 2 rings (SSSR count). The molecule has 0 spiro atoms. The van der Waals surface area contributed by atoms with E-state index in [1.54, 1.807) is 0 Å². The molecule has 18 heavy (non-hydrogen) atoms. The Morgan fingerprint density at radius 1 is 1.28 bits per heavy atom. The molecule has 1 heterocycles. The number of rotatable bonds is 4. The molecule has 0 saturated carbocycles. The molecular weight excluding hydrogens is 316 g/mol. The van der Waals surface area contributed by atoms with Gasteiger partial charge in [-0.3, -0.25) is 0 Å². The molecule has 1 saturated heterocycles. The van der Waals surface area contributed by atoms with E-state index in [4.69, 9.17) is 0 Å². The molecular formula is C12H17BrN2O2S. The van der Waals surface area contributed by atoms with Gasteiger partial charge in [0.05, 0.1) is 0 Å². The third kappa shape index (κ3) is 3.12. The van der Waals surface area contributed by atoms with Crippen molar-refractivity contribution in [1.29, 1.82) is 0 Å². The maximum absolute atomic E-state index is 12.1. The van der Waals surface area contributed by atoms with Gasteiger partial charge in [0.1, 0.15) is 0 Å². The highest BCUT2D eigenvalue weighted by Crippen LogP contribution is 2.24. The Morgan fingerprint density at radius 3 is 2.50 bits per heavy atom. The van der Waals surface area contributed by atoms with Crippen molar-refractivity contribution in [3.63, 3.8) is 0 Å². The lowest BCUT2D eigenvalue weighted by atomic mass is 10.1. The Bertz CT molecular complexity index is 513. The Labute approximate surface area is 117 Å². The molecule has 6 heteroatoms. The predicted octanol–water partition coefficient (Wildman–Crippen LogP) is 2.44. The van der Waals surface area contributed by atoms with Gasteiger partial charge in [0.25, 0.3) is 10.2 Å². The fourth-order valence-electron chi connectivity index (χ4n) is 2.12. The quantitative estimate of drug-likeness (QED) is 0.920. The van der Waals surface area contributed by atoms with Crippen LogP contribution in [-0.4, -0.2) is 25.8 Å². The average Bonchev–Trinajstić information content (AvgIpc) is 2.82. The highest BCUT2D eigenvalue weighted by atomic mass is 79.9. The van der Waals surface area contributed by atoms with E-state index < -0.39 is 10.2 Å². The Hall–Kier alpha value is -0.430. The normalized spacial score (nSPS) is 19.0. The van der Waals surface area contributed by atoms with E-state index in [-0.39, 0.29) is 6.04 Å². The minimum Gasteiger partial charge on any atom is -0.195 e. The zero-order chi connectivity index (χ0) is 13.2. The van der Waals surface area contributed by atoms with Crippen molar-refractivity contribution in [3.8, 4) is 0 Å². The number of hydrogen-bond donors (Lipinski definition) is 1. The van der Waals surface area contributed by atoms with Crippen molar-refractivity contribution < 1.29 is 8.42 Å². The number of benzene rings is 1. The summed E-state index contributed by atoms with van der Waals surface area (Å²) < 4.78 is 29.4. The van der Waals surface area contributed by atoms with Crippen molar-refractivity contribution >= 4 is 26.1 Å². The van der Waals surface area contributed by atoms with Crippen LogP contribution in [-0.2, 0) is 10.2 Å². The Morgan fingerprint density at radius 2 is 1.89 bits per heavy atom. The summed E-state index contributed by atoms with van der Waals surface area (Å²) in [5.74, 6) is 0. The van der Waals surface area contributed by atoms with Crippen LogP contribution in [0, 0.1) is 0 Å². The van der Waals surface area contributed by atoms with Gasteiger partial charge >= 0.3 is 0 Å². The van der Waals surface area contributed by atoms with Gasteiger partial charge in [0.2, 0.25) is 0 Å². The first-order valence-electron chi connectivity index (χ1n) is 6.02. The van der Waals surface area contributed by atoms with Crippen LogP contribution in [0.1, 0.15) is 31.4 Å². The van der Waals surface area contributed by atoms with Crippen molar-refractivity contribution in [2.45, 2.75) is 25.8 Å². The molecule has 0 amide bonds. The SMILES string of the molecule is CC(NS(=O)(=O)N1CCCC1)c1ccccc1Br. The molecule has 1 unspecified atom stereocenters. The fraction of sp³-hybridized carbons (Fsp3) is 0.500. The van der Waals surface area contributed by atoms with Crippen LogP contribution in [0.25, 0.3) is 0 Å². The molecule has 1 aromatic rings. The zero-order valence-electron chi connectivity index (χ0n) is 10.3. The van der Waals surface area contributed by atoms with Gasteiger partial charge in [0.15, 0.2) is 0 Å². The summed E-state index contributed by atoms with van der Waals surface area (Å²) in [6.07, 6.45) is 1.90. The van der Waals surface area contributed by atoms with E-state index >= 15 is 0 Å². The summed E-state index contributed by atoms with van der Waals surface area (Å²) in [5, 5.41) is 0. The predicted molar refractivity (Wildman–Crippen MR) is 75.4 cm³/mol. The molecule has 1 fully saturated rings. The van der Waals surface area contributed by atoms with E-state index in [1.165, 1.54) is 4.31 Å². The lowest BCUT2D eigenvalue weighted by molar-refractivity contribution is 0.457. The molecule has 1 aromatic carbocycles. The second-order valence-corrected chi connectivity index (χ2v) is 7.03. The number of nitrogens with one attached hydrogen (secondary N) is 1. The van der Waals surface area contributed by atoms with Crippen LogP contribution in [0.5, 0.6) is 0 Å². The number of hydrogen-bond acceptors (Lipinski definition) is 2. The van der Waals surface area contributed by atoms with Crippen LogP contribution in [0.3, 0.4) is 0 Å². The smallest absolute Gasteiger partial charge is 0.195 e. The molecule has 4 nitrogen and oxygen atoms in total. The lowest BCUT2D eigenvalue weighted by Gasteiger charge is -2.21. The summed E-state index contributed by atoms with van der Waals surface area (Å²) in [5.41, 5.74) is 0.945. The molecule has 100 valence electrons. The highest BCUT2D eigenvalue weighted by molar-refractivity contribution is 9.10. The Kier molecular flexibility index (Phi) is 4.42. The summed E-state index contributed by atoms with van der Waals surface area (Å²) in [6.45, 7) is 3.10. The number of nitrogens with zero attached hydrogens (tertiary/aromatic N) is 1. The lowest BCUT2D eigenvalue weighted by Crippen LogP contribution is -2.40. The van der Waals surface area contributed by atoms with Gasteiger partial charge in [-0.15, -0.1) is 0 Å². The summed E-state index contributed by atoms with van der Waals surface area (Å²) in [4.78, 5) is 0.